The van der Waals surface area contributed by atoms with Crippen LogP contribution in [0.15, 0.2) is 35.3 Å². The summed E-state index contributed by atoms with van der Waals surface area (Å²) in [5, 5.41) is 8.09. The van der Waals surface area contributed by atoms with Gasteiger partial charge in [-0.2, -0.15) is 0 Å². The summed E-state index contributed by atoms with van der Waals surface area (Å²) in [5.74, 6) is 1.32. The Morgan fingerprint density at radius 2 is 2.12 bits per heavy atom. The van der Waals surface area contributed by atoms with Crippen LogP contribution in [0.2, 0.25) is 0 Å². The van der Waals surface area contributed by atoms with E-state index in [1.165, 1.54) is 16.3 Å². The van der Waals surface area contributed by atoms with Crippen LogP contribution in [0.1, 0.15) is 41.8 Å². The second-order valence-electron chi connectivity index (χ2n) is 7.04. The number of rotatable bonds is 5. The van der Waals surface area contributed by atoms with Crippen LogP contribution in [0.5, 0.6) is 0 Å². The topological polar surface area (TPSA) is 52.6 Å². The molecule has 26 heavy (non-hydrogen) atoms. The Bertz CT molecular complexity index is 738. The summed E-state index contributed by atoms with van der Waals surface area (Å²) in [6.45, 7) is 9.32. The molecule has 3 rings (SSSR count). The van der Waals surface area contributed by atoms with Gasteiger partial charge in [-0.25, -0.2) is 4.98 Å². The normalized spacial score (nSPS) is 17.8. The van der Waals surface area contributed by atoms with Crippen LogP contribution in [-0.2, 0) is 6.54 Å². The number of hydrogen-bond donors (Lipinski definition) is 2. The second-order valence-corrected chi connectivity index (χ2v) is 8.33. The minimum absolute atomic E-state index is 0.408. The highest BCUT2D eigenvalue weighted by Gasteiger charge is 2.23. The lowest BCUT2D eigenvalue weighted by Gasteiger charge is -2.20. The Labute approximate surface area is 160 Å². The Kier molecular flexibility index (Phi) is 6.14. The smallest absolute Gasteiger partial charge is 0.191 e. The summed E-state index contributed by atoms with van der Waals surface area (Å²) in [7, 11) is 1.83. The lowest BCUT2D eigenvalue weighted by Crippen LogP contribution is -2.44. The largest absolute Gasteiger partial charge is 0.369 e. The molecule has 5 nitrogen and oxygen atoms in total. The van der Waals surface area contributed by atoms with E-state index in [0.717, 1.165) is 30.5 Å². The molecule has 1 aliphatic heterocycles. The number of benzene rings is 1. The lowest BCUT2D eigenvalue weighted by atomic mass is 10.1. The van der Waals surface area contributed by atoms with E-state index in [2.05, 4.69) is 71.6 Å². The summed E-state index contributed by atoms with van der Waals surface area (Å²) in [6, 6.07) is 11.0. The molecule has 1 aromatic carbocycles. The van der Waals surface area contributed by atoms with E-state index in [1.54, 1.807) is 11.3 Å². The van der Waals surface area contributed by atoms with E-state index < -0.39 is 0 Å². The average Bonchev–Trinajstić information content (AvgIpc) is 3.26. The van der Waals surface area contributed by atoms with E-state index in [-0.39, 0.29) is 0 Å². The summed E-state index contributed by atoms with van der Waals surface area (Å²) in [4.78, 5) is 12.9. The van der Waals surface area contributed by atoms with Crippen molar-refractivity contribution in [3.63, 3.8) is 0 Å². The number of aromatic nitrogens is 1. The number of guanidine groups is 1. The van der Waals surface area contributed by atoms with Crippen molar-refractivity contribution in [2.24, 2.45) is 4.99 Å². The van der Waals surface area contributed by atoms with Gasteiger partial charge in [0.25, 0.3) is 0 Å². The first-order valence-electron chi connectivity index (χ1n) is 9.30. The van der Waals surface area contributed by atoms with Crippen LogP contribution in [0.25, 0.3) is 0 Å². The maximum Gasteiger partial charge on any atom is 0.191 e. The number of nitrogens with one attached hydrogen (secondary N) is 2. The maximum absolute atomic E-state index is 4.76. The zero-order valence-corrected chi connectivity index (χ0v) is 16.9. The molecule has 140 valence electrons. The number of thiazole rings is 1. The zero-order chi connectivity index (χ0) is 18.5. The van der Waals surface area contributed by atoms with Gasteiger partial charge in [0.2, 0.25) is 0 Å². The van der Waals surface area contributed by atoms with Crippen LogP contribution in [-0.4, -0.2) is 37.1 Å². The van der Waals surface area contributed by atoms with Gasteiger partial charge in [-0.1, -0.05) is 32.0 Å². The van der Waals surface area contributed by atoms with Gasteiger partial charge in [-0.05, 0) is 31.4 Å². The van der Waals surface area contributed by atoms with Gasteiger partial charge < -0.3 is 15.5 Å². The third kappa shape index (κ3) is 4.55. The highest BCUT2D eigenvalue weighted by molar-refractivity contribution is 7.11. The quantitative estimate of drug-likeness (QED) is 0.624. The van der Waals surface area contributed by atoms with Gasteiger partial charge in [0, 0.05) is 36.7 Å². The maximum atomic E-state index is 4.76. The molecule has 1 saturated heterocycles. The zero-order valence-electron chi connectivity index (χ0n) is 16.1. The Morgan fingerprint density at radius 1 is 1.35 bits per heavy atom. The third-order valence-electron chi connectivity index (χ3n) is 4.70. The highest BCUT2D eigenvalue weighted by Crippen LogP contribution is 2.24. The third-order valence-corrected chi connectivity index (χ3v) is 5.69. The van der Waals surface area contributed by atoms with Gasteiger partial charge in [0.15, 0.2) is 5.96 Å². The Balaban J connectivity index is 1.52. The van der Waals surface area contributed by atoms with E-state index in [4.69, 9.17) is 4.98 Å². The van der Waals surface area contributed by atoms with E-state index in [9.17, 15) is 0 Å². The molecule has 0 spiro atoms. The Morgan fingerprint density at radius 3 is 2.77 bits per heavy atom. The summed E-state index contributed by atoms with van der Waals surface area (Å²) in [5.41, 5.74) is 2.50. The lowest BCUT2D eigenvalue weighted by molar-refractivity contribution is 0.648. The van der Waals surface area contributed by atoms with Gasteiger partial charge in [0.05, 0.1) is 12.2 Å². The fraction of sp³-hybridized carbons (Fsp3) is 0.500. The van der Waals surface area contributed by atoms with Crippen molar-refractivity contribution in [1.29, 1.82) is 0 Å². The average molecular weight is 372 g/mol. The van der Waals surface area contributed by atoms with Crippen molar-refractivity contribution in [3.05, 3.63) is 45.9 Å². The monoisotopic (exact) mass is 371 g/mol. The standard InChI is InChI=1S/C20H29N5S/c1-14(2)19-15(3)26-18(24-19)12-22-20(21-4)23-16-10-11-25(13-16)17-8-6-5-7-9-17/h5-9,14,16H,10-13H2,1-4H3,(H2,21,22,23). The summed E-state index contributed by atoms with van der Waals surface area (Å²) < 4.78 is 0. The fourth-order valence-electron chi connectivity index (χ4n) is 3.37. The van der Waals surface area contributed by atoms with Crippen LogP contribution in [0.3, 0.4) is 0 Å². The first-order chi connectivity index (χ1) is 12.6. The minimum atomic E-state index is 0.408. The molecular formula is C20H29N5S. The summed E-state index contributed by atoms with van der Waals surface area (Å²) >= 11 is 1.77. The molecule has 0 bridgehead atoms. The van der Waals surface area contributed by atoms with Gasteiger partial charge in [0.1, 0.15) is 5.01 Å². The molecule has 1 aliphatic rings. The predicted molar refractivity (Wildman–Crippen MR) is 111 cm³/mol. The molecule has 2 N–H and O–H groups in total. The van der Waals surface area contributed by atoms with Crippen molar-refractivity contribution >= 4 is 23.0 Å². The molecule has 1 unspecified atom stereocenters. The number of hydrogen-bond acceptors (Lipinski definition) is 4. The van der Waals surface area contributed by atoms with Gasteiger partial charge in [-0.15, -0.1) is 11.3 Å². The molecular weight excluding hydrogens is 342 g/mol. The molecule has 6 heteroatoms. The number of nitrogens with zero attached hydrogens (tertiary/aromatic N) is 3. The first-order valence-corrected chi connectivity index (χ1v) is 10.1. The minimum Gasteiger partial charge on any atom is -0.369 e. The molecule has 0 amide bonds. The highest BCUT2D eigenvalue weighted by atomic mass is 32.1. The molecule has 2 aromatic rings. The fourth-order valence-corrected chi connectivity index (χ4v) is 4.40. The van der Waals surface area contributed by atoms with Crippen LogP contribution >= 0.6 is 11.3 Å². The van der Waals surface area contributed by atoms with E-state index >= 15 is 0 Å². The number of aliphatic imine (C=N–C) groups is 1. The van der Waals surface area contributed by atoms with Gasteiger partial charge in [-0.3, -0.25) is 4.99 Å². The SMILES string of the molecule is CN=C(NCc1nc(C(C)C)c(C)s1)NC1CCN(c2ccccc2)C1. The predicted octanol–water partition coefficient (Wildman–Crippen LogP) is 3.52. The number of para-hydroxylation sites is 1. The molecule has 0 aliphatic carbocycles. The van der Waals surface area contributed by atoms with Crippen LogP contribution in [0.4, 0.5) is 5.69 Å². The van der Waals surface area contributed by atoms with Crippen molar-refractivity contribution in [2.75, 3.05) is 25.0 Å². The molecule has 1 atom stereocenters. The molecule has 2 heterocycles. The number of aryl methyl sites for hydroxylation is 1. The Hall–Kier alpha value is -2.08. The molecule has 0 radical (unpaired) electrons. The second kappa shape index (κ2) is 8.54. The molecule has 0 saturated carbocycles. The van der Waals surface area contributed by atoms with Crippen molar-refractivity contribution in [1.82, 2.24) is 15.6 Å². The molecule has 1 aromatic heterocycles. The van der Waals surface area contributed by atoms with Crippen molar-refractivity contribution in [3.8, 4) is 0 Å². The van der Waals surface area contributed by atoms with E-state index in [1.807, 2.05) is 7.05 Å². The van der Waals surface area contributed by atoms with Crippen LogP contribution < -0.4 is 15.5 Å². The van der Waals surface area contributed by atoms with Gasteiger partial charge >= 0.3 is 0 Å². The van der Waals surface area contributed by atoms with Crippen molar-refractivity contribution in [2.45, 2.75) is 45.7 Å². The number of anilines is 1. The first kappa shape index (κ1) is 18.7. The van der Waals surface area contributed by atoms with Crippen LogP contribution in [0, 0.1) is 6.92 Å². The van der Waals surface area contributed by atoms with Crippen molar-refractivity contribution < 1.29 is 0 Å². The molecule has 1 fully saturated rings. The summed E-state index contributed by atoms with van der Waals surface area (Å²) in [6.07, 6.45) is 1.11. The van der Waals surface area contributed by atoms with E-state index in [0.29, 0.717) is 18.5 Å².